The molecule has 0 saturated carbocycles. The molecular formula is C27H23FN2O7S2. The predicted molar refractivity (Wildman–Crippen MR) is 148 cm³/mol. The monoisotopic (exact) mass is 570 g/mol. The summed E-state index contributed by atoms with van der Waals surface area (Å²) in [6, 6.07) is 20.7. The third-order valence-electron chi connectivity index (χ3n) is 5.64. The number of hydrogen-bond acceptors (Lipinski definition) is 4. The molecule has 0 saturated heterocycles. The molecule has 0 spiro atoms. The van der Waals surface area contributed by atoms with E-state index in [0.717, 1.165) is 31.9 Å². The van der Waals surface area contributed by atoms with Crippen molar-refractivity contribution < 1.29 is 36.6 Å². The van der Waals surface area contributed by atoms with E-state index in [9.17, 15) is 27.4 Å². The van der Waals surface area contributed by atoms with Crippen LogP contribution in [0.3, 0.4) is 0 Å². The van der Waals surface area contributed by atoms with Gasteiger partial charge in [-0.3, -0.25) is 9.11 Å². The Labute approximate surface area is 228 Å². The fraction of sp³-hybridized carbons (Fsp3) is 0.0741. The summed E-state index contributed by atoms with van der Waals surface area (Å²) in [7, 11) is 0. The first-order valence-electron chi connectivity index (χ1n) is 11.4. The van der Waals surface area contributed by atoms with Gasteiger partial charge in [-0.05, 0) is 68.4 Å². The van der Waals surface area contributed by atoms with Gasteiger partial charge < -0.3 is 9.84 Å². The molecule has 0 radical (unpaired) electrons. The zero-order chi connectivity index (χ0) is 28.3. The molecule has 4 aromatic rings. The Morgan fingerprint density at radius 2 is 1.15 bits per heavy atom. The van der Waals surface area contributed by atoms with Crippen LogP contribution in [0, 0.1) is 19.7 Å². The van der Waals surface area contributed by atoms with E-state index in [-0.39, 0.29) is 28.4 Å². The van der Waals surface area contributed by atoms with E-state index < -0.39 is 34.3 Å². The number of halogens is 1. The molecule has 9 nitrogen and oxygen atoms in total. The Balaban J connectivity index is 1.66. The summed E-state index contributed by atoms with van der Waals surface area (Å²) in [4.78, 5) is 12.1. The SMILES string of the molecule is Cc1ccc(N(c2ccc(Oc3ccc(N(c4ccc(C)cc4)S(=O)O)c(C(=O)O)c3)cc2F)S(=O)O)cc1. The standard InChI is InChI=1S/C27H23FN2O7S2/c1-17-3-7-19(8-4-17)29(38(33)34)25-13-11-21(15-23(25)27(31)32)37-22-12-14-26(24(28)16-22)30(39(35)36)20-9-5-18(2)6-10-20/h3-16H,1-2H3,(H,31,32)(H,33,34)(H,35,36). The second-order valence-corrected chi connectivity index (χ2v) is 10.1. The molecule has 0 amide bonds. The average Bonchev–Trinajstić information content (AvgIpc) is 2.88. The third-order valence-corrected chi connectivity index (χ3v) is 7.08. The molecular weight excluding hydrogens is 547 g/mol. The van der Waals surface area contributed by atoms with Crippen LogP contribution >= 0.6 is 0 Å². The van der Waals surface area contributed by atoms with Gasteiger partial charge in [0.25, 0.3) is 22.5 Å². The Bertz CT molecular complexity index is 1560. The lowest BCUT2D eigenvalue weighted by atomic mass is 10.1. The number of rotatable bonds is 9. The number of hydrogen-bond donors (Lipinski definition) is 3. The van der Waals surface area contributed by atoms with Gasteiger partial charge >= 0.3 is 5.97 Å². The molecule has 0 aromatic heterocycles. The molecule has 0 aliphatic carbocycles. The van der Waals surface area contributed by atoms with Crippen LogP contribution in [0.5, 0.6) is 11.5 Å². The van der Waals surface area contributed by atoms with Crippen molar-refractivity contribution in [3.05, 3.63) is 107 Å². The Hall–Kier alpha value is -4.10. The Morgan fingerprint density at radius 1 is 0.718 bits per heavy atom. The van der Waals surface area contributed by atoms with Crippen molar-refractivity contribution in [2.24, 2.45) is 0 Å². The molecule has 0 fully saturated rings. The summed E-state index contributed by atoms with van der Waals surface area (Å²) < 4.78 is 66.5. The van der Waals surface area contributed by atoms with E-state index in [2.05, 4.69) is 0 Å². The number of aromatic carboxylic acids is 1. The topological polar surface area (TPSA) is 128 Å². The summed E-state index contributed by atoms with van der Waals surface area (Å²) in [5.41, 5.74) is 1.88. The number of carboxylic acids is 1. The lowest BCUT2D eigenvalue weighted by Crippen LogP contribution is -2.21. The van der Waals surface area contributed by atoms with Gasteiger partial charge in [-0.2, -0.15) is 0 Å². The Morgan fingerprint density at radius 3 is 1.59 bits per heavy atom. The molecule has 4 aromatic carbocycles. The quantitative estimate of drug-likeness (QED) is 0.197. The first-order chi connectivity index (χ1) is 18.5. The summed E-state index contributed by atoms with van der Waals surface area (Å²) >= 11 is -5.15. The predicted octanol–water partition coefficient (Wildman–Crippen LogP) is 6.48. The molecule has 0 bridgehead atoms. The highest BCUT2D eigenvalue weighted by molar-refractivity contribution is 7.81. The van der Waals surface area contributed by atoms with Gasteiger partial charge in [0, 0.05) is 6.07 Å². The van der Waals surface area contributed by atoms with Gasteiger partial charge in [-0.1, -0.05) is 35.4 Å². The molecule has 2 unspecified atom stereocenters. The number of ether oxygens (including phenoxy) is 1. The van der Waals surface area contributed by atoms with Crippen LogP contribution in [0.15, 0.2) is 84.9 Å². The molecule has 3 N–H and O–H groups in total. The van der Waals surface area contributed by atoms with Crippen molar-refractivity contribution in [2.75, 3.05) is 8.61 Å². The minimum atomic E-state index is -2.59. The first kappa shape index (κ1) is 27.9. The highest BCUT2D eigenvalue weighted by Gasteiger charge is 2.24. The van der Waals surface area contributed by atoms with Crippen LogP contribution in [-0.2, 0) is 22.5 Å². The van der Waals surface area contributed by atoms with Gasteiger partial charge in [-0.15, -0.1) is 0 Å². The Kier molecular flexibility index (Phi) is 8.41. The molecule has 4 rings (SSSR count). The first-order valence-corrected chi connectivity index (χ1v) is 13.5. The van der Waals surface area contributed by atoms with Gasteiger partial charge in [0.15, 0.2) is 5.82 Å². The number of nitrogens with zero attached hydrogens (tertiary/aromatic N) is 2. The van der Waals surface area contributed by atoms with Crippen molar-refractivity contribution in [3.63, 3.8) is 0 Å². The number of benzene rings is 4. The highest BCUT2D eigenvalue weighted by Crippen LogP contribution is 2.36. The maximum absolute atomic E-state index is 15.1. The lowest BCUT2D eigenvalue weighted by Gasteiger charge is -2.22. The van der Waals surface area contributed by atoms with E-state index >= 15 is 4.39 Å². The molecule has 12 heteroatoms. The van der Waals surface area contributed by atoms with Crippen molar-refractivity contribution in [1.82, 2.24) is 0 Å². The van der Waals surface area contributed by atoms with E-state index in [4.69, 9.17) is 4.74 Å². The molecule has 202 valence electrons. The van der Waals surface area contributed by atoms with Gasteiger partial charge in [0.2, 0.25) is 0 Å². The lowest BCUT2D eigenvalue weighted by molar-refractivity contribution is 0.0697. The van der Waals surface area contributed by atoms with Crippen LogP contribution in [0.4, 0.5) is 27.1 Å². The maximum Gasteiger partial charge on any atom is 0.337 e. The number of carbonyl (C=O) groups is 1. The van der Waals surface area contributed by atoms with E-state index in [1.165, 1.54) is 24.3 Å². The smallest absolute Gasteiger partial charge is 0.337 e. The molecule has 2 atom stereocenters. The number of anilines is 4. The second kappa shape index (κ2) is 11.7. The van der Waals surface area contributed by atoms with Gasteiger partial charge in [0.1, 0.15) is 11.5 Å². The van der Waals surface area contributed by atoms with E-state index in [0.29, 0.717) is 11.4 Å². The zero-order valence-electron chi connectivity index (χ0n) is 20.6. The minimum Gasteiger partial charge on any atom is -0.478 e. The fourth-order valence-electron chi connectivity index (χ4n) is 3.77. The van der Waals surface area contributed by atoms with Gasteiger partial charge in [0.05, 0.1) is 28.3 Å². The molecule has 39 heavy (non-hydrogen) atoms. The summed E-state index contributed by atoms with van der Waals surface area (Å²) in [5, 5.41) is 9.82. The molecule has 0 aliphatic heterocycles. The minimum absolute atomic E-state index is 0.00552. The summed E-state index contributed by atoms with van der Waals surface area (Å²) in [6.07, 6.45) is 0. The van der Waals surface area contributed by atoms with Crippen molar-refractivity contribution >= 4 is 51.3 Å². The molecule has 0 heterocycles. The summed E-state index contributed by atoms with van der Waals surface area (Å²) in [5.74, 6) is -2.21. The van der Waals surface area contributed by atoms with Crippen molar-refractivity contribution in [2.45, 2.75) is 13.8 Å². The van der Waals surface area contributed by atoms with Crippen molar-refractivity contribution in [3.8, 4) is 11.5 Å². The van der Waals surface area contributed by atoms with Gasteiger partial charge in [-0.25, -0.2) is 26.2 Å². The summed E-state index contributed by atoms with van der Waals surface area (Å²) in [6.45, 7) is 3.69. The van der Waals surface area contributed by atoms with Crippen LogP contribution in [0.25, 0.3) is 0 Å². The second-order valence-electron chi connectivity index (χ2n) is 8.42. The maximum atomic E-state index is 15.1. The van der Waals surface area contributed by atoms with Crippen LogP contribution in [0.1, 0.15) is 21.5 Å². The largest absolute Gasteiger partial charge is 0.478 e. The van der Waals surface area contributed by atoms with E-state index in [1.54, 1.807) is 48.5 Å². The zero-order valence-corrected chi connectivity index (χ0v) is 22.3. The van der Waals surface area contributed by atoms with Crippen LogP contribution in [0.2, 0.25) is 0 Å². The fourth-order valence-corrected chi connectivity index (χ4v) is 5.01. The normalized spacial score (nSPS) is 12.4. The average molecular weight is 571 g/mol. The van der Waals surface area contributed by atoms with Crippen LogP contribution in [-0.4, -0.2) is 28.6 Å². The molecule has 0 aliphatic rings. The third kappa shape index (κ3) is 6.32. The number of aryl methyl sites for hydroxylation is 2. The van der Waals surface area contributed by atoms with E-state index in [1.807, 2.05) is 13.8 Å². The van der Waals surface area contributed by atoms with Crippen LogP contribution < -0.4 is 13.3 Å². The number of carboxylic acid groups (broad SMARTS) is 1. The van der Waals surface area contributed by atoms with Crippen molar-refractivity contribution in [1.29, 1.82) is 0 Å². The highest BCUT2D eigenvalue weighted by atomic mass is 32.2.